The number of carbonyl (C=O) groups excluding carboxylic acids is 1. The average Bonchev–Trinajstić information content (AvgIpc) is 3.07. The maximum absolute atomic E-state index is 12.7. The van der Waals surface area contributed by atoms with Gasteiger partial charge < -0.3 is 24.7 Å². The Kier molecular flexibility index (Phi) is 4.16. The number of nitrogens with zero attached hydrogens (tertiary/aromatic N) is 2. The fourth-order valence-electron chi connectivity index (χ4n) is 3.12. The summed E-state index contributed by atoms with van der Waals surface area (Å²) in [6.45, 7) is 0.729. The number of halogens is 1. The van der Waals surface area contributed by atoms with Crippen LogP contribution < -0.4 is 0 Å². The number of hydrogen-bond acceptors (Lipinski definition) is 6. The van der Waals surface area contributed by atoms with E-state index < -0.39 is 0 Å². The summed E-state index contributed by atoms with van der Waals surface area (Å²) in [5.74, 6) is -0.213. The predicted molar refractivity (Wildman–Crippen MR) is 96.8 cm³/mol. The van der Waals surface area contributed by atoms with E-state index in [-0.39, 0.29) is 34.7 Å². The summed E-state index contributed by atoms with van der Waals surface area (Å²) in [4.78, 5) is 14.4. The van der Waals surface area contributed by atoms with Crippen molar-refractivity contribution in [1.29, 1.82) is 0 Å². The van der Waals surface area contributed by atoms with Gasteiger partial charge >= 0.3 is 0 Å². The number of aromatic nitrogens is 1. The quantitative estimate of drug-likeness (QED) is 0.623. The van der Waals surface area contributed by atoms with Crippen molar-refractivity contribution in [3.8, 4) is 28.6 Å². The van der Waals surface area contributed by atoms with Crippen molar-refractivity contribution in [3.63, 3.8) is 0 Å². The van der Waals surface area contributed by atoms with Crippen LogP contribution in [0, 0.1) is 0 Å². The zero-order valence-corrected chi connectivity index (χ0v) is 14.8. The van der Waals surface area contributed by atoms with Gasteiger partial charge in [-0.3, -0.25) is 4.79 Å². The summed E-state index contributed by atoms with van der Waals surface area (Å²) in [6, 6.07) is 8.58. The highest BCUT2D eigenvalue weighted by molar-refractivity contribution is 6.32. The summed E-state index contributed by atoms with van der Waals surface area (Å²) in [7, 11) is 0. The lowest BCUT2D eigenvalue weighted by molar-refractivity contribution is 0.0734. The van der Waals surface area contributed by atoms with Crippen molar-refractivity contribution in [2.75, 3.05) is 6.54 Å². The number of phenols is 3. The van der Waals surface area contributed by atoms with Crippen LogP contribution in [0.5, 0.6) is 17.2 Å². The van der Waals surface area contributed by atoms with Gasteiger partial charge in [-0.1, -0.05) is 16.8 Å². The molecule has 1 amide bonds. The average molecular weight is 387 g/mol. The van der Waals surface area contributed by atoms with E-state index in [4.69, 9.17) is 16.1 Å². The standard InChI is InChI=1S/C19H15ClN2O5/c20-14-7-12(16(24)8-17(14)25)18-13-9-22(6-5-15(13)21-27-18)19(26)10-1-3-11(23)4-2-10/h1-4,7-8,23-25H,5-6,9H2. The number of rotatable bonds is 2. The van der Waals surface area contributed by atoms with E-state index in [0.717, 1.165) is 6.07 Å². The summed E-state index contributed by atoms with van der Waals surface area (Å²) >= 11 is 5.95. The molecule has 0 fully saturated rings. The highest BCUT2D eigenvalue weighted by Crippen LogP contribution is 2.40. The topological polar surface area (TPSA) is 107 Å². The Bertz CT molecular complexity index is 1030. The van der Waals surface area contributed by atoms with Gasteiger partial charge in [0.05, 0.1) is 22.8 Å². The van der Waals surface area contributed by atoms with Crippen molar-refractivity contribution in [3.05, 3.63) is 58.2 Å². The van der Waals surface area contributed by atoms with E-state index in [0.29, 0.717) is 41.1 Å². The number of fused-ring (bicyclic) bond motifs is 1. The van der Waals surface area contributed by atoms with Crippen LogP contribution in [0.2, 0.25) is 5.02 Å². The summed E-state index contributed by atoms with van der Waals surface area (Å²) < 4.78 is 5.41. The van der Waals surface area contributed by atoms with Crippen LogP contribution in [0.25, 0.3) is 11.3 Å². The molecule has 0 spiro atoms. The van der Waals surface area contributed by atoms with E-state index in [2.05, 4.69) is 5.16 Å². The van der Waals surface area contributed by atoms with Gasteiger partial charge in [0.25, 0.3) is 5.91 Å². The minimum Gasteiger partial charge on any atom is -0.508 e. The third-order valence-corrected chi connectivity index (χ3v) is 4.85. The van der Waals surface area contributed by atoms with Crippen LogP contribution in [0.4, 0.5) is 0 Å². The lowest BCUT2D eigenvalue weighted by Crippen LogP contribution is -2.35. The van der Waals surface area contributed by atoms with Gasteiger partial charge in [-0.2, -0.15) is 0 Å². The molecule has 4 rings (SSSR count). The van der Waals surface area contributed by atoms with Gasteiger partial charge in [0.15, 0.2) is 5.76 Å². The number of benzene rings is 2. The molecule has 0 saturated heterocycles. The Balaban J connectivity index is 1.67. The molecular weight excluding hydrogens is 372 g/mol. The maximum atomic E-state index is 12.7. The minimum atomic E-state index is -0.240. The van der Waals surface area contributed by atoms with E-state index in [1.807, 2.05) is 0 Å². The lowest BCUT2D eigenvalue weighted by Gasteiger charge is -2.26. The second-order valence-corrected chi connectivity index (χ2v) is 6.69. The molecule has 0 aliphatic carbocycles. The van der Waals surface area contributed by atoms with Crippen LogP contribution in [-0.2, 0) is 13.0 Å². The van der Waals surface area contributed by atoms with Gasteiger partial charge in [-0.15, -0.1) is 0 Å². The molecule has 2 aromatic carbocycles. The highest BCUT2D eigenvalue weighted by Gasteiger charge is 2.29. The molecule has 3 aromatic rings. The molecule has 1 aromatic heterocycles. The van der Waals surface area contributed by atoms with E-state index in [9.17, 15) is 20.1 Å². The summed E-state index contributed by atoms with van der Waals surface area (Å²) in [5, 5.41) is 33.3. The molecule has 0 radical (unpaired) electrons. The molecule has 7 nitrogen and oxygen atoms in total. The van der Waals surface area contributed by atoms with Crippen LogP contribution >= 0.6 is 11.6 Å². The SMILES string of the molecule is O=C(c1ccc(O)cc1)N1CCc2noc(-c3cc(Cl)c(O)cc3O)c2C1. The summed E-state index contributed by atoms with van der Waals surface area (Å²) in [6.07, 6.45) is 0.509. The van der Waals surface area contributed by atoms with Gasteiger partial charge in [0.2, 0.25) is 0 Å². The number of amides is 1. The third-order valence-electron chi connectivity index (χ3n) is 4.55. The molecule has 1 aliphatic heterocycles. The Hall–Kier alpha value is -3.19. The Morgan fingerprint density at radius 1 is 1.11 bits per heavy atom. The molecule has 3 N–H and O–H groups in total. The van der Waals surface area contributed by atoms with Crippen LogP contribution in [0.3, 0.4) is 0 Å². The number of hydrogen-bond donors (Lipinski definition) is 3. The van der Waals surface area contributed by atoms with E-state index in [1.54, 1.807) is 17.0 Å². The third kappa shape index (κ3) is 3.06. The molecule has 138 valence electrons. The molecule has 0 atom stereocenters. The minimum absolute atomic E-state index is 0.0702. The number of aromatic hydroxyl groups is 3. The molecular formula is C19H15ClN2O5. The van der Waals surface area contributed by atoms with Gasteiger partial charge in [0, 0.05) is 30.2 Å². The molecule has 2 heterocycles. The predicted octanol–water partition coefficient (Wildman–Crippen LogP) is 3.31. The Labute approximate surface area is 159 Å². The van der Waals surface area contributed by atoms with Crippen LogP contribution in [0.1, 0.15) is 21.6 Å². The first-order valence-corrected chi connectivity index (χ1v) is 8.59. The highest BCUT2D eigenvalue weighted by atomic mass is 35.5. The molecule has 0 saturated carbocycles. The first-order chi connectivity index (χ1) is 12.9. The smallest absolute Gasteiger partial charge is 0.254 e. The summed E-state index contributed by atoms with van der Waals surface area (Å²) in [5.41, 5.74) is 2.16. The van der Waals surface area contributed by atoms with Crippen molar-refractivity contribution in [1.82, 2.24) is 10.1 Å². The normalized spacial score (nSPS) is 13.4. The fourth-order valence-corrected chi connectivity index (χ4v) is 3.28. The molecule has 27 heavy (non-hydrogen) atoms. The Morgan fingerprint density at radius 3 is 2.59 bits per heavy atom. The first kappa shape index (κ1) is 17.2. The van der Waals surface area contributed by atoms with Crippen molar-refractivity contribution in [2.24, 2.45) is 0 Å². The molecule has 0 bridgehead atoms. The van der Waals surface area contributed by atoms with Gasteiger partial charge in [-0.05, 0) is 30.3 Å². The van der Waals surface area contributed by atoms with Crippen LogP contribution in [0.15, 0.2) is 40.9 Å². The van der Waals surface area contributed by atoms with Crippen molar-refractivity contribution < 1.29 is 24.6 Å². The zero-order chi connectivity index (χ0) is 19.1. The van der Waals surface area contributed by atoms with Gasteiger partial charge in [0.1, 0.15) is 17.2 Å². The zero-order valence-electron chi connectivity index (χ0n) is 14.0. The van der Waals surface area contributed by atoms with Crippen molar-refractivity contribution in [2.45, 2.75) is 13.0 Å². The number of carbonyl (C=O) groups is 1. The second kappa shape index (κ2) is 6.51. The largest absolute Gasteiger partial charge is 0.508 e. The van der Waals surface area contributed by atoms with Gasteiger partial charge in [-0.25, -0.2) is 0 Å². The monoisotopic (exact) mass is 386 g/mol. The van der Waals surface area contributed by atoms with Crippen LogP contribution in [-0.4, -0.2) is 37.8 Å². The second-order valence-electron chi connectivity index (χ2n) is 6.28. The fraction of sp³-hybridized carbons (Fsp3) is 0.158. The molecule has 8 heteroatoms. The van der Waals surface area contributed by atoms with E-state index in [1.165, 1.54) is 18.2 Å². The maximum Gasteiger partial charge on any atom is 0.254 e. The lowest BCUT2D eigenvalue weighted by atomic mass is 10.00. The number of phenolic OH excluding ortho intramolecular Hbond substituents is 3. The Morgan fingerprint density at radius 2 is 1.85 bits per heavy atom. The van der Waals surface area contributed by atoms with Crippen molar-refractivity contribution >= 4 is 17.5 Å². The molecule has 0 unspecified atom stereocenters. The van der Waals surface area contributed by atoms with E-state index >= 15 is 0 Å². The molecule has 1 aliphatic rings. The first-order valence-electron chi connectivity index (χ1n) is 8.21.